The summed E-state index contributed by atoms with van der Waals surface area (Å²) < 4.78 is 11.7. The molecule has 1 saturated heterocycles. The Morgan fingerprint density at radius 1 is 1.09 bits per heavy atom. The number of anilines is 1. The largest absolute Gasteiger partial charge is 0.507 e. The van der Waals surface area contributed by atoms with Crippen LogP contribution in [-0.2, 0) is 9.59 Å². The molecule has 1 aliphatic heterocycles. The van der Waals surface area contributed by atoms with E-state index >= 15 is 0 Å². The minimum atomic E-state index is -0.869. The summed E-state index contributed by atoms with van der Waals surface area (Å²) in [6.07, 6.45) is 3.49. The predicted molar refractivity (Wildman–Crippen MR) is 136 cm³/mol. The highest BCUT2D eigenvalue weighted by molar-refractivity contribution is 7.14. The molecule has 35 heavy (non-hydrogen) atoms. The summed E-state index contributed by atoms with van der Waals surface area (Å²) in [5.41, 5.74) is 2.10. The maximum atomic E-state index is 13.2. The van der Waals surface area contributed by atoms with E-state index in [-0.39, 0.29) is 11.3 Å². The molecule has 7 nitrogen and oxygen atoms in total. The Morgan fingerprint density at radius 3 is 2.51 bits per heavy atom. The molecular formula is C27H28N2O5S. The third-order valence-corrected chi connectivity index (χ3v) is 6.50. The molecule has 1 aliphatic rings. The first-order chi connectivity index (χ1) is 17.0. The van der Waals surface area contributed by atoms with E-state index < -0.39 is 17.7 Å². The van der Waals surface area contributed by atoms with Gasteiger partial charge in [-0.05, 0) is 38.0 Å². The van der Waals surface area contributed by atoms with Gasteiger partial charge in [0.1, 0.15) is 5.76 Å². The Labute approximate surface area is 208 Å². The topological polar surface area (TPSA) is 89.0 Å². The number of ether oxygens (including phenoxy) is 2. The zero-order chi connectivity index (χ0) is 24.9. The average Bonchev–Trinajstić information content (AvgIpc) is 3.47. The van der Waals surface area contributed by atoms with Gasteiger partial charge in [0.15, 0.2) is 16.6 Å². The Kier molecular flexibility index (Phi) is 7.51. The molecule has 0 aliphatic carbocycles. The second kappa shape index (κ2) is 10.7. The molecular weight excluding hydrogens is 464 g/mol. The lowest BCUT2D eigenvalue weighted by Crippen LogP contribution is -2.29. The molecule has 1 N–H and O–H groups in total. The highest BCUT2D eigenvalue weighted by Crippen LogP contribution is 2.44. The number of benzene rings is 2. The van der Waals surface area contributed by atoms with Crippen LogP contribution in [0.5, 0.6) is 11.5 Å². The average molecular weight is 493 g/mol. The number of nitrogens with zero attached hydrogens (tertiary/aromatic N) is 2. The smallest absolute Gasteiger partial charge is 0.301 e. The molecule has 0 radical (unpaired) electrons. The van der Waals surface area contributed by atoms with Crippen molar-refractivity contribution in [3.8, 4) is 11.5 Å². The van der Waals surface area contributed by atoms with Crippen LogP contribution in [0.3, 0.4) is 0 Å². The van der Waals surface area contributed by atoms with Gasteiger partial charge in [-0.25, -0.2) is 4.98 Å². The van der Waals surface area contributed by atoms with E-state index in [9.17, 15) is 14.7 Å². The Morgan fingerprint density at radius 2 is 1.86 bits per heavy atom. The van der Waals surface area contributed by atoms with E-state index in [1.165, 1.54) is 16.2 Å². The number of hydrogen-bond acceptors (Lipinski definition) is 7. The number of thiazole rings is 1. The summed E-state index contributed by atoms with van der Waals surface area (Å²) in [6.45, 7) is 6.88. The van der Waals surface area contributed by atoms with Crippen molar-refractivity contribution >= 4 is 33.9 Å². The quantitative estimate of drug-likeness (QED) is 0.180. The Balaban J connectivity index is 1.86. The molecule has 4 rings (SSSR count). The molecule has 1 unspecified atom stereocenters. The molecule has 8 heteroatoms. The Hall–Kier alpha value is -3.65. The first-order valence-corrected chi connectivity index (χ1v) is 12.5. The highest BCUT2D eigenvalue weighted by Gasteiger charge is 2.48. The third kappa shape index (κ3) is 4.93. The van der Waals surface area contributed by atoms with E-state index in [1.807, 2.05) is 26.0 Å². The van der Waals surface area contributed by atoms with Crippen LogP contribution in [0.2, 0.25) is 0 Å². The molecule has 3 aromatic rings. The van der Waals surface area contributed by atoms with Crippen LogP contribution in [0.1, 0.15) is 49.4 Å². The van der Waals surface area contributed by atoms with Crippen LogP contribution in [0.25, 0.3) is 5.76 Å². The van der Waals surface area contributed by atoms with Gasteiger partial charge < -0.3 is 14.6 Å². The van der Waals surface area contributed by atoms with Gasteiger partial charge in [0.25, 0.3) is 5.78 Å². The number of rotatable bonds is 9. The molecule has 2 aromatic carbocycles. The van der Waals surface area contributed by atoms with Crippen LogP contribution < -0.4 is 14.4 Å². The first-order valence-electron chi connectivity index (χ1n) is 11.6. The first kappa shape index (κ1) is 24.5. The van der Waals surface area contributed by atoms with E-state index in [0.717, 1.165) is 18.4 Å². The normalized spacial score (nSPS) is 17.1. The van der Waals surface area contributed by atoms with Crippen molar-refractivity contribution in [2.24, 2.45) is 0 Å². The number of aliphatic hydroxyl groups excluding tert-OH is 1. The summed E-state index contributed by atoms with van der Waals surface area (Å²) in [4.78, 5) is 32.0. The molecule has 2 heterocycles. The fraction of sp³-hybridized carbons (Fsp3) is 0.296. The molecule has 0 spiro atoms. The summed E-state index contributed by atoms with van der Waals surface area (Å²) in [7, 11) is 0. The molecule has 1 aromatic heterocycles. The number of Topliss-reactive ketones (excluding diaryl/α,β-unsaturated/α-hetero) is 1. The number of aromatic nitrogens is 1. The van der Waals surface area contributed by atoms with Gasteiger partial charge in [-0.2, -0.15) is 0 Å². The number of carbonyl (C=O) groups excluding carboxylic acids is 2. The van der Waals surface area contributed by atoms with Crippen LogP contribution in [0.15, 0.2) is 59.6 Å². The second-order valence-corrected chi connectivity index (χ2v) is 9.06. The van der Waals surface area contributed by atoms with Crippen molar-refractivity contribution in [3.05, 3.63) is 76.3 Å². The standard InChI is InChI=1S/C27H28N2O5S/c1-4-6-14-34-20-12-11-19(16-21(20)33-5-2)23-22(24(30)18-9-7-17(3)8-10-18)25(31)26(32)29(23)27-28-13-15-35-27/h7-13,15-16,23,30H,4-6,14H2,1-3H3. The van der Waals surface area contributed by atoms with Gasteiger partial charge >= 0.3 is 5.91 Å². The summed E-state index contributed by atoms with van der Waals surface area (Å²) in [5, 5.41) is 13.3. The lowest BCUT2D eigenvalue weighted by Gasteiger charge is -2.24. The maximum absolute atomic E-state index is 13.2. The minimum Gasteiger partial charge on any atom is -0.507 e. The summed E-state index contributed by atoms with van der Waals surface area (Å²) in [6, 6.07) is 11.6. The van der Waals surface area contributed by atoms with Crippen molar-refractivity contribution < 1.29 is 24.2 Å². The van der Waals surface area contributed by atoms with Gasteiger partial charge in [-0.3, -0.25) is 14.5 Å². The number of amides is 1. The number of hydrogen-bond donors (Lipinski definition) is 1. The third-order valence-electron chi connectivity index (χ3n) is 5.73. The number of carbonyl (C=O) groups is 2. The van der Waals surface area contributed by atoms with Crippen LogP contribution in [0, 0.1) is 6.92 Å². The van der Waals surface area contributed by atoms with Crippen molar-refractivity contribution in [3.63, 3.8) is 0 Å². The molecule has 0 saturated carbocycles. The van der Waals surface area contributed by atoms with Crippen molar-refractivity contribution in [2.75, 3.05) is 18.1 Å². The SMILES string of the molecule is CCCCOc1ccc(C2C(=C(O)c3ccc(C)cc3)C(=O)C(=O)N2c2nccs2)cc1OCC. The van der Waals surface area contributed by atoms with Crippen molar-refractivity contribution in [2.45, 2.75) is 39.7 Å². The number of aliphatic hydroxyl groups is 1. The lowest BCUT2D eigenvalue weighted by molar-refractivity contribution is -0.132. The highest BCUT2D eigenvalue weighted by atomic mass is 32.1. The number of aryl methyl sites for hydroxylation is 1. The zero-order valence-corrected chi connectivity index (χ0v) is 20.8. The fourth-order valence-electron chi connectivity index (χ4n) is 3.96. The second-order valence-electron chi connectivity index (χ2n) is 8.19. The van der Waals surface area contributed by atoms with Crippen LogP contribution in [0.4, 0.5) is 5.13 Å². The monoisotopic (exact) mass is 492 g/mol. The van der Waals surface area contributed by atoms with Crippen LogP contribution in [-0.4, -0.2) is 35.0 Å². The van der Waals surface area contributed by atoms with Crippen molar-refractivity contribution in [1.82, 2.24) is 4.98 Å². The minimum absolute atomic E-state index is 0.0103. The molecule has 1 fully saturated rings. The molecule has 1 amide bonds. The van der Waals surface area contributed by atoms with E-state index in [1.54, 1.807) is 41.9 Å². The predicted octanol–water partition coefficient (Wildman–Crippen LogP) is 5.66. The summed E-state index contributed by atoms with van der Waals surface area (Å²) in [5.74, 6) is -0.618. The Bertz CT molecular complexity index is 1230. The van der Waals surface area contributed by atoms with Gasteiger partial charge in [-0.1, -0.05) is 49.2 Å². The van der Waals surface area contributed by atoms with Crippen LogP contribution >= 0.6 is 11.3 Å². The van der Waals surface area contributed by atoms with Gasteiger partial charge in [0, 0.05) is 17.1 Å². The van der Waals surface area contributed by atoms with Crippen molar-refractivity contribution in [1.29, 1.82) is 0 Å². The summed E-state index contributed by atoms with van der Waals surface area (Å²) >= 11 is 1.25. The molecule has 182 valence electrons. The van der Waals surface area contributed by atoms with E-state index in [4.69, 9.17) is 9.47 Å². The fourth-order valence-corrected chi connectivity index (χ4v) is 4.62. The van der Waals surface area contributed by atoms with E-state index in [2.05, 4.69) is 11.9 Å². The maximum Gasteiger partial charge on any atom is 0.301 e. The number of ketones is 1. The zero-order valence-electron chi connectivity index (χ0n) is 20.0. The number of unbranched alkanes of at least 4 members (excludes halogenated alkanes) is 1. The molecule has 0 bridgehead atoms. The van der Waals surface area contributed by atoms with Gasteiger partial charge in [0.2, 0.25) is 0 Å². The van der Waals surface area contributed by atoms with Gasteiger partial charge in [-0.15, -0.1) is 11.3 Å². The lowest BCUT2D eigenvalue weighted by atomic mass is 9.95. The molecule has 1 atom stereocenters. The van der Waals surface area contributed by atoms with Gasteiger partial charge in [0.05, 0.1) is 24.8 Å². The van der Waals surface area contributed by atoms with E-state index in [0.29, 0.717) is 41.0 Å².